The van der Waals surface area contributed by atoms with Crippen molar-refractivity contribution in [2.45, 2.75) is 140 Å². The van der Waals surface area contributed by atoms with E-state index in [0.29, 0.717) is 18.8 Å². The molecule has 3 aromatic rings. The summed E-state index contributed by atoms with van der Waals surface area (Å²) in [5, 5.41) is 3.38. The van der Waals surface area contributed by atoms with Gasteiger partial charge < -0.3 is 9.47 Å². The van der Waals surface area contributed by atoms with Crippen molar-refractivity contribution in [1.82, 2.24) is 10.0 Å². The zero-order valence-electron chi connectivity index (χ0n) is 30.6. The van der Waals surface area contributed by atoms with Crippen molar-refractivity contribution in [2.24, 2.45) is 0 Å². The van der Waals surface area contributed by atoms with E-state index in [2.05, 4.69) is 13.8 Å². The first-order chi connectivity index (χ1) is 24.6. The minimum atomic E-state index is -1.28. The van der Waals surface area contributed by atoms with Gasteiger partial charge in [-0.15, -0.1) is 0 Å². The Bertz CT molecular complexity index is 1330. The molecule has 3 aromatic carbocycles. The molecule has 2 amide bonds. The fraction of sp³-hybridized carbons (Fsp3) is 0.545. The van der Waals surface area contributed by atoms with Crippen LogP contribution in [0.2, 0.25) is 0 Å². The number of hydrogen-bond donors (Lipinski definition) is 0. The highest BCUT2D eigenvalue weighted by Crippen LogP contribution is 2.58. The molecule has 2 heterocycles. The molecule has 2 aliphatic rings. The van der Waals surface area contributed by atoms with Gasteiger partial charge in [0.1, 0.15) is 18.0 Å². The van der Waals surface area contributed by atoms with Crippen LogP contribution in [0.25, 0.3) is 0 Å². The number of rotatable bonds is 23. The van der Waals surface area contributed by atoms with Gasteiger partial charge in [0.25, 0.3) is 11.8 Å². The summed E-state index contributed by atoms with van der Waals surface area (Å²) in [6.45, 7) is 5.49. The number of ether oxygens (including phenoxy) is 2. The number of nitrogens with zero attached hydrogens (tertiary/aromatic N) is 2. The molecule has 2 unspecified atom stereocenters. The molecule has 50 heavy (non-hydrogen) atoms. The maximum atomic E-state index is 14.6. The molecule has 2 atom stereocenters. The number of amides is 2. The first-order valence-electron chi connectivity index (χ1n) is 19.7. The number of fused-ring (bicyclic) bond motifs is 1. The van der Waals surface area contributed by atoms with Gasteiger partial charge in [-0.05, 0) is 29.5 Å². The summed E-state index contributed by atoms with van der Waals surface area (Å²) in [5.74, 6) is -2.65. The second-order valence-electron chi connectivity index (χ2n) is 14.2. The molecule has 0 spiro atoms. The second kappa shape index (κ2) is 19.8. The molecule has 0 aliphatic carbocycles. The van der Waals surface area contributed by atoms with E-state index in [0.717, 1.165) is 36.8 Å². The Kier molecular flexibility index (Phi) is 14.9. The topological polar surface area (TPSA) is 59.1 Å². The number of unbranched alkanes of at least 4 members (excludes halogenated alkanes) is 14. The van der Waals surface area contributed by atoms with E-state index in [4.69, 9.17) is 9.47 Å². The van der Waals surface area contributed by atoms with Gasteiger partial charge in [-0.3, -0.25) is 9.59 Å². The van der Waals surface area contributed by atoms with E-state index in [1.807, 2.05) is 91.0 Å². The molecule has 2 aliphatic heterocycles. The first kappa shape index (κ1) is 37.8. The lowest BCUT2D eigenvalue weighted by molar-refractivity contribution is -0.262. The minimum absolute atomic E-state index is 0.232. The van der Waals surface area contributed by atoms with E-state index in [-0.39, 0.29) is 11.8 Å². The Morgan fingerprint density at radius 3 is 1.14 bits per heavy atom. The van der Waals surface area contributed by atoms with Crippen molar-refractivity contribution >= 4 is 11.8 Å². The number of hydrazine groups is 1. The highest BCUT2D eigenvalue weighted by atomic mass is 16.7. The molecule has 6 heteroatoms. The molecule has 0 aromatic heterocycles. The monoisotopic (exact) mass is 680 g/mol. The van der Waals surface area contributed by atoms with Gasteiger partial charge in [0.15, 0.2) is 0 Å². The predicted octanol–water partition coefficient (Wildman–Crippen LogP) is 10.9. The Morgan fingerprint density at radius 1 is 0.460 bits per heavy atom. The largest absolute Gasteiger partial charge is 0.346 e. The Balaban J connectivity index is 1.46. The normalized spacial score (nSPS) is 19.8. The fourth-order valence-electron chi connectivity index (χ4n) is 7.82. The maximum absolute atomic E-state index is 14.6. The molecule has 0 saturated carbocycles. The van der Waals surface area contributed by atoms with Crippen LogP contribution in [0, 0.1) is 0 Å². The minimum Gasteiger partial charge on any atom is -0.346 e. The summed E-state index contributed by atoms with van der Waals surface area (Å²) in [6.07, 6.45) is 19.1. The molecular formula is C44H60N2O4. The van der Waals surface area contributed by atoms with E-state index in [1.54, 1.807) is 10.0 Å². The lowest BCUT2D eigenvalue weighted by Gasteiger charge is -2.39. The Morgan fingerprint density at radius 2 is 0.780 bits per heavy atom. The maximum Gasteiger partial charge on any atom is 0.259 e. The highest BCUT2D eigenvalue weighted by molar-refractivity contribution is 6.11. The van der Waals surface area contributed by atoms with Crippen LogP contribution in [0.4, 0.5) is 0 Å². The van der Waals surface area contributed by atoms with Gasteiger partial charge in [0.05, 0.1) is 13.2 Å². The van der Waals surface area contributed by atoms with E-state index < -0.39 is 23.8 Å². The first-order valence-corrected chi connectivity index (χ1v) is 19.7. The zero-order valence-corrected chi connectivity index (χ0v) is 30.6. The van der Waals surface area contributed by atoms with E-state index in [1.165, 1.54) is 77.0 Å². The molecule has 270 valence electrons. The summed E-state index contributed by atoms with van der Waals surface area (Å²) in [4.78, 5) is 29.3. The lowest BCUT2D eigenvalue weighted by Crippen LogP contribution is -2.48. The van der Waals surface area contributed by atoms with Crippen molar-refractivity contribution < 1.29 is 19.1 Å². The summed E-state index contributed by atoms with van der Waals surface area (Å²) in [7, 11) is 0. The number of carbonyl (C=O) groups is 2. The Labute approximate surface area is 301 Å². The third kappa shape index (κ3) is 9.05. The van der Waals surface area contributed by atoms with Gasteiger partial charge >= 0.3 is 0 Å². The third-order valence-corrected chi connectivity index (χ3v) is 10.4. The molecule has 5 rings (SSSR count). The van der Waals surface area contributed by atoms with Crippen LogP contribution >= 0.6 is 0 Å². The van der Waals surface area contributed by atoms with Crippen LogP contribution in [-0.2, 0) is 19.1 Å². The molecule has 0 bridgehead atoms. The summed E-state index contributed by atoms with van der Waals surface area (Å²) >= 11 is 0. The number of hydrogen-bond acceptors (Lipinski definition) is 4. The summed E-state index contributed by atoms with van der Waals surface area (Å²) < 4.78 is 14.2. The molecule has 2 saturated heterocycles. The Hall–Kier alpha value is -3.48. The van der Waals surface area contributed by atoms with Gasteiger partial charge in [0, 0.05) is 0 Å². The van der Waals surface area contributed by atoms with Gasteiger partial charge in [-0.25, -0.2) is 10.0 Å². The van der Waals surface area contributed by atoms with Crippen molar-refractivity contribution in [3.8, 4) is 0 Å². The van der Waals surface area contributed by atoms with Gasteiger partial charge in [-0.1, -0.05) is 195 Å². The predicted molar refractivity (Wildman–Crippen MR) is 201 cm³/mol. The average Bonchev–Trinajstić information content (AvgIpc) is 3.58. The molecule has 0 radical (unpaired) electrons. The van der Waals surface area contributed by atoms with Crippen molar-refractivity contribution in [3.05, 3.63) is 108 Å². The van der Waals surface area contributed by atoms with Crippen molar-refractivity contribution in [3.63, 3.8) is 0 Å². The quantitative estimate of drug-likeness (QED) is 0.0568. The molecule has 6 nitrogen and oxygen atoms in total. The smallest absolute Gasteiger partial charge is 0.259 e. The molecule has 0 N–H and O–H groups in total. The summed E-state index contributed by atoms with van der Waals surface area (Å²) in [6, 6.07) is 28.3. The highest BCUT2D eigenvalue weighted by Gasteiger charge is 2.69. The van der Waals surface area contributed by atoms with Crippen LogP contribution in [0.5, 0.6) is 0 Å². The van der Waals surface area contributed by atoms with Crippen LogP contribution < -0.4 is 0 Å². The van der Waals surface area contributed by atoms with Gasteiger partial charge in [-0.2, -0.15) is 0 Å². The fourth-order valence-corrected chi connectivity index (χ4v) is 7.82. The third-order valence-electron chi connectivity index (χ3n) is 10.4. The number of carbonyl (C=O) groups excluding carboxylic acids is 2. The zero-order chi connectivity index (χ0) is 35.0. The van der Waals surface area contributed by atoms with Crippen LogP contribution in [0.1, 0.15) is 151 Å². The van der Waals surface area contributed by atoms with Crippen LogP contribution in [-0.4, -0.2) is 40.8 Å². The molecular weight excluding hydrogens is 620 g/mol. The van der Waals surface area contributed by atoms with E-state index >= 15 is 0 Å². The second-order valence-corrected chi connectivity index (χ2v) is 14.2. The summed E-state index contributed by atoms with van der Waals surface area (Å²) in [5.41, 5.74) is 2.51. The lowest BCUT2D eigenvalue weighted by atomic mass is 9.87. The number of benzene rings is 3. The van der Waals surface area contributed by atoms with Crippen LogP contribution in [0.15, 0.2) is 91.0 Å². The standard InChI is InChI=1S/C44H60N2O4/c1-3-5-7-9-11-13-15-26-34-49-44(50-35-27-16-14-12-10-8-6-4-2)40(37-30-22-18-23-31-37)45-42(47)39(36-28-20-17-21-29-36)43(48)46(45)41(44)38-32-24-19-25-33-38/h17-25,28-33,39-41H,3-16,26-27,34-35H2,1-2H3. The van der Waals surface area contributed by atoms with Crippen molar-refractivity contribution in [1.29, 1.82) is 0 Å². The van der Waals surface area contributed by atoms with Gasteiger partial charge in [0.2, 0.25) is 5.79 Å². The van der Waals surface area contributed by atoms with Crippen molar-refractivity contribution in [2.75, 3.05) is 13.2 Å². The van der Waals surface area contributed by atoms with E-state index in [9.17, 15) is 9.59 Å². The molecule has 2 fully saturated rings. The van der Waals surface area contributed by atoms with Crippen LogP contribution in [0.3, 0.4) is 0 Å². The average molecular weight is 681 g/mol. The SMILES string of the molecule is CCCCCCCCCCOC1(OCCCCCCCCCC)C(c2ccccc2)N2C(=O)C(c3ccccc3)C(=O)N2C1c1ccccc1.